The lowest BCUT2D eigenvalue weighted by Gasteiger charge is -2.44. The van der Waals surface area contributed by atoms with E-state index in [1.807, 2.05) is 11.3 Å². The summed E-state index contributed by atoms with van der Waals surface area (Å²) in [6.07, 6.45) is 5.55. The van der Waals surface area contributed by atoms with Crippen molar-refractivity contribution in [2.24, 2.45) is 11.3 Å². The van der Waals surface area contributed by atoms with E-state index in [-0.39, 0.29) is 0 Å². The summed E-state index contributed by atoms with van der Waals surface area (Å²) in [4.78, 5) is 4.17. The van der Waals surface area contributed by atoms with Crippen LogP contribution in [0.3, 0.4) is 0 Å². The molecule has 1 fully saturated rings. The average molecular weight is 309 g/mol. The van der Waals surface area contributed by atoms with E-state index in [4.69, 9.17) is 0 Å². The standard InChI is InChI=1S/C18H32N2S/c1-15(2)20(12-17-6-5-11-21-17)14-18(13-19-4)9-7-16(3)8-10-18/h5-6,11,15-16,19H,7-10,12-14H2,1-4H3. The first kappa shape index (κ1) is 17.0. The molecule has 1 aliphatic carbocycles. The van der Waals surface area contributed by atoms with Gasteiger partial charge in [0.2, 0.25) is 0 Å². The van der Waals surface area contributed by atoms with Crippen molar-refractivity contribution in [1.82, 2.24) is 10.2 Å². The topological polar surface area (TPSA) is 15.3 Å². The molecule has 0 unspecified atom stereocenters. The highest BCUT2D eigenvalue weighted by atomic mass is 32.1. The number of rotatable bonds is 7. The van der Waals surface area contributed by atoms with Crippen LogP contribution in [0.5, 0.6) is 0 Å². The molecule has 2 nitrogen and oxygen atoms in total. The van der Waals surface area contributed by atoms with Crippen molar-refractivity contribution in [2.75, 3.05) is 20.1 Å². The summed E-state index contributed by atoms with van der Waals surface area (Å²) in [6.45, 7) is 10.6. The van der Waals surface area contributed by atoms with Crippen molar-refractivity contribution < 1.29 is 0 Å². The molecule has 1 heterocycles. The predicted molar refractivity (Wildman–Crippen MR) is 93.9 cm³/mol. The summed E-state index contributed by atoms with van der Waals surface area (Å²) in [7, 11) is 2.11. The maximum absolute atomic E-state index is 3.47. The lowest BCUT2D eigenvalue weighted by Crippen LogP contribution is -2.47. The van der Waals surface area contributed by atoms with Crippen LogP contribution in [0.2, 0.25) is 0 Å². The quantitative estimate of drug-likeness (QED) is 0.804. The van der Waals surface area contributed by atoms with Gasteiger partial charge in [0.1, 0.15) is 0 Å². The molecule has 0 atom stereocenters. The van der Waals surface area contributed by atoms with Crippen LogP contribution < -0.4 is 5.32 Å². The van der Waals surface area contributed by atoms with Crippen LogP contribution >= 0.6 is 11.3 Å². The molecule has 3 heteroatoms. The molecule has 1 N–H and O–H groups in total. The molecule has 1 saturated carbocycles. The number of nitrogens with one attached hydrogen (secondary N) is 1. The Morgan fingerprint density at radius 1 is 1.38 bits per heavy atom. The molecule has 1 aromatic rings. The summed E-state index contributed by atoms with van der Waals surface area (Å²) >= 11 is 1.89. The zero-order chi connectivity index (χ0) is 15.3. The Labute approximate surface area is 134 Å². The molecule has 1 aromatic heterocycles. The highest BCUT2D eigenvalue weighted by Gasteiger charge is 2.35. The smallest absolute Gasteiger partial charge is 0.0330 e. The third kappa shape index (κ3) is 4.80. The van der Waals surface area contributed by atoms with Gasteiger partial charge < -0.3 is 5.32 Å². The maximum atomic E-state index is 3.47. The van der Waals surface area contributed by atoms with Crippen LogP contribution in [0.1, 0.15) is 51.3 Å². The molecular formula is C18H32N2S. The maximum Gasteiger partial charge on any atom is 0.0330 e. The molecule has 0 saturated heterocycles. The number of nitrogens with zero attached hydrogens (tertiary/aromatic N) is 1. The van der Waals surface area contributed by atoms with Gasteiger partial charge in [-0.3, -0.25) is 4.90 Å². The fourth-order valence-corrected chi connectivity index (χ4v) is 4.32. The van der Waals surface area contributed by atoms with Gasteiger partial charge in [-0.15, -0.1) is 11.3 Å². The van der Waals surface area contributed by atoms with E-state index in [1.165, 1.54) is 37.1 Å². The summed E-state index contributed by atoms with van der Waals surface area (Å²) in [5.74, 6) is 0.916. The number of hydrogen-bond donors (Lipinski definition) is 1. The summed E-state index contributed by atoms with van der Waals surface area (Å²) in [5, 5.41) is 5.67. The highest BCUT2D eigenvalue weighted by Crippen LogP contribution is 2.39. The number of thiophene rings is 1. The lowest BCUT2D eigenvalue weighted by molar-refractivity contribution is 0.0681. The molecule has 120 valence electrons. The van der Waals surface area contributed by atoms with Crippen LogP contribution in [-0.4, -0.2) is 31.1 Å². The SMILES string of the molecule is CNCC1(CN(Cc2cccs2)C(C)C)CCC(C)CC1. The van der Waals surface area contributed by atoms with Crippen molar-refractivity contribution >= 4 is 11.3 Å². The third-order valence-corrected chi connectivity index (χ3v) is 5.96. The molecule has 0 amide bonds. The Balaban J connectivity index is 2.04. The number of hydrogen-bond acceptors (Lipinski definition) is 3. The molecule has 21 heavy (non-hydrogen) atoms. The Hall–Kier alpha value is -0.380. The Kier molecular flexibility index (Phi) is 6.27. The highest BCUT2D eigenvalue weighted by molar-refractivity contribution is 7.09. The summed E-state index contributed by atoms with van der Waals surface area (Å²) < 4.78 is 0. The Morgan fingerprint density at radius 3 is 2.62 bits per heavy atom. The molecule has 0 radical (unpaired) electrons. The van der Waals surface area contributed by atoms with Crippen LogP contribution in [0.4, 0.5) is 0 Å². The Morgan fingerprint density at radius 2 is 2.10 bits per heavy atom. The zero-order valence-electron chi connectivity index (χ0n) is 14.2. The third-order valence-electron chi connectivity index (χ3n) is 5.09. The minimum atomic E-state index is 0.475. The first-order chi connectivity index (χ1) is 10.0. The molecule has 0 spiro atoms. The minimum Gasteiger partial charge on any atom is -0.319 e. The van der Waals surface area contributed by atoms with Crippen LogP contribution in [0.25, 0.3) is 0 Å². The predicted octanol–water partition coefficient (Wildman–Crippen LogP) is 4.37. The van der Waals surface area contributed by atoms with E-state index in [2.05, 4.69) is 55.5 Å². The van der Waals surface area contributed by atoms with Gasteiger partial charge in [-0.1, -0.05) is 25.8 Å². The van der Waals surface area contributed by atoms with Crippen molar-refractivity contribution in [3.8, 4) is 0 Å². The van der Waals surface area contributed by atoms with Crippen molar-refractivity contribution in [3.63, 3.8) is 0 Å². The zero-order valence-corrected chi connectivity index (χ0v) is 15.0. The van der Waals surface area contributed by atoms with E-state index in [0.717, 1.165) is 19.0 Å². The van der Waals surface area contributed by atoms with Gasteiger partial charge in [0.05, 0.1) is 0 Å². The second-order valence-electron chi connectivity index (χ2n) is 7.29. The average Bonchev–Trinajstić information content (AvgIpc) is 2.95. The van der Waals surface area contributed by atoms with Crippen LogP contribution in [0, 0.1) is 11.3 Å². The first-order valence-electron chi connectivity index (χ1n) is 8.46. The van der Waals surface area contributed by atoms with Gasteiger partial charge in [-0.2, -0.15) is 0 Å². The normalized spacial score (nSPS) is 26.7. The van der Waals surface area contributed by atoms with Gasteiger partial charge in [0.15, 0.2) is 0 Å². The van der Waals surface area contributed by atoms with Gasteiger partial charge >= 0.3 is 0 Å². The molecule has 0 bridgehead atoms. The molecule has 1 aliphatic rings. The van der Waals surface area contributed by atoms with Gasteiger partial charge in [0, 0.05) is 30.6 Å². The van der Waals surface area contributed by atoms with Crippen molar-refractivity contribution in [3.05, 3.63) is 22.4 Å². The van der Waals surface area contributed by atoms with E-state index in [0.29, 0.717) is 11.5 Å². The second-order valence-corrected chi connectivity index (χ2v) is 8.32. The lowest BCUT2D eigenvalue weighted by atomic mass is 9.70. The van der Waals surface area contributed by atoms with Gasteiger partial charge in [-0.25, -0.2) is 0 Å². The minimum absolute atomic E-state index is 0.475. The van der Waals surface area contributed by atoms with E-state index in [1.54, 1.807) is 0 Å². The largest absolute Gasteiger partial charge is 0.319 e. The van der Waals surface area contributed by atoms with Crippen LogP contribution in [0.15, 0.2) is 17.5 Å². The second kappa shape index (κ2) is 7.75. The van der Waals surface area contributed by atoms with Gasteiger partial charge in [-0.05, 0) is 56.5 Å². The molecule has 2 rings (SSSR count). The fraction of sp³-hybridized carbons (Fsp3) is 0.778. The van der Waals surface area contributed by atoms with Crippen molar-refractivity contribution in [1.29, 1.82) is 0 Å². The van der Waals surface area contributed by atoms with Crippen molar-refractivity contribution in [2.45, 2.75) is 59.0 Å². The van der Waals surface area contributed by atoms with Crippen LogP contribution in [-0.2, 0) is 6.54 Å². The molecule has 0 aliphatic heterocycles. The van der Waals surface area contributed by atoms with E-state index in [9.17, 15) is 0 Å². The van der Waals surface area contributed by atoms with E-state index >= 15 is 0 Å². The monoisotopic (exact) mass is 308 g/mol. The Bertz CT molecular complexity index is 391. The summed E-state index contributed by atoms with van der Waals surface area (Å²) in [6, 6.07) is 5.05. The molecular weight excluding hydrogens is 276 g/mol. The van der Waals surface area contributed by atoms with Gasteiger partial charge in [0.25, 0.3) is 0 Å². The fourth-order valence-electron chi connectivity index (χ4n) is 3.59. The molecule has 0 aromatic carbocycles. The summed E-state index contributed by atoms with van der Waals surface area (Å²) in [5.41, 5.74) is 0.475. The first-order valence-corrected chi connectivity index (χ1v) is 9.34. The van der Waals surface area contributed by atoms with E-state index < -0.39 is 0 Å².